The molecular weight excluding hydrogens is 248 g/mol. The van der Waals surface area contributed by atoms with Gasteiger partial charge in [0, 0.05) is 12.2 Å². The fraction of sp³-hybridized carbons (Fsp3) is 0.231. The zero-order chi connectivity index (χ0) is 13.1. The lowest BCUT2D eigenvalue weighted by atomic mass is 10.2. The molecule has 0 unspecified atom stereocenters. The van der Waals surface area contributed by atoms with Crippen molar-refractivity contribution < 1.29 is 0 Å². The molecular formula is C13H13ClN4. The Kier molecular flexibility index (Phi) is 3.54. The van der Waals surface area contributed by atoms with Crippen molar-refractivity contribution in [3.63, 3.8) is 0 Å². The van der Waals surface area contributed by atoms with Crippen molar-refractivity contribution >= 4 is 23.0 Å². The second kappa shape index (κ2) is 5.11. The molecule has 1 aromatic carbocycles. The van der Waals surface area contributed by atoms with Crippen LogP contribution in [-0.2, 0) is 0 Å². The summed E-state index contributed by atoms with van der Waals surface area (Å²) < 4.78 is 1.85. The molecule has 0 aliphatic heterocycles. The van der Waals surface area contributed by atoms with Crippen molar-refractivity contribution in [3.8, 4) is 6.07 Å². The van der Waals surface area contributed by atoms with Crippen molar-refractivity contribution in [2.75, 3.05) is 5.32 Å². The van der Waals surface area contributed by atoms with E-state index in [-0.39, 0.29) is 0 Å². The van der Waals surface area contributed by atoms with Gasteiger partial charge >= 0.3 is 0 Å². The van der Waals surface area contributed by atoms with Crippen molar-refractivity contribution in [1.82, 2.24) is 9.78 Å². The fourth-order valence-corrected chi connectivity index (χ4v) is 1.80. The molecule has 1 aromatic heterocycles. The Morgan fingerprint density at radius 1 is 1.44 bits per heavy atom. The molecule has 0 bridgehead atoms. The van der Waals surface area contributed by atoms with Crippen LogP contribution in [0.15, 0.2) is 30.6 Å². The molecule has 4 nitrogen and oxygen atoms in total. The molecule has 0 saturated heterocycles. The van der Waals surface area contributed by atoms with Crippen LogP contribution in [0.25, 0.3) is 0 Å². The molecule has 0 aliphatic carbocycles. The minimum absolute atomic E-state index is 0.301. The summed E-state index contributed by atoms with van der Waals surface area (Å²) in [6.07, 6.45) is 3.62. The summed E-state index contributed by atoms with van der Waals surface area (Å²) in [5, 5.41) is 16.9. The Hall–Kier alpha value is -1.99. The van der Waals surface area contributed by atoms with Crippen molar-refractivity contribution in [2.45, 2.75) is 19.9 Å². The average Bonchev–Trinajstić information content (AvgIpc) is 2.78. The molecule has 2 rings (SSSR count). The van der Waals surface area contributed by atoms with Crippen molar-refractivity contribution in [2.24, 2.45) is 0 Å². The number of nitrogens with zero attached hydrogens (tertiary/aromatic N) is 3. The van der Waals surface area contributed by atoms with Gasteiger partial charge in [-0.05, 0) is 26.0 Å². The zero-order valence-corrected chi connectivity index (χ0v) is 10.9. The van der Waals surface area contributed by atoms with Gasteiger partial charge in [-0.15, -0.1) is 0 Å². The third-order valence-electron chi connectivity index (χ3n) is 2.54. The second-order valence-electron chi connectivity index (χ2n) is 4.20. The number of hydrogen-bond acceptors (Lipinski definition) is 3. The summed E-state index contributed by atoms with van der Waals surface area (Å²) in [4.78, 5) is 0. The smallest absolute Gasteiger partial charge is 0.103 e. The molecule has 92 valence electrons. The van der Waals surface area contributed by atoms with Crippen molar-refractivity contribution in [3.05, 3.63) is 41.2 Å². The predicted octanol–water partition coefficient (Wildman–Crippen LogP) is 3.73. The molecule has 0 spiro atoms. The molecule has 0 aliphatic rings. The molecule has 0 radical (unpaired) electrons. The van der Waals surface area contributed by atoms with E-state index in [2.05, 4.69) is 30.3 Å². The highest BCUT2D eigenvalue weighted by atomic mass is 35.5. The van der Waals surface area contributed by atoms with Crippen LogP contribution in [0.5, 0.6) is 0 Å². The number of aromatic nitrogens is 2. The number of benzene rings is 1. The first-order valence-corrected chi connectivity index (χ1v) is 5.99. The third kappa shape index (κ3) is 2.47. The molecule has 0 amide bonds. The largest absolute Gasteiger partial charge is 0.352 e. The van der Waals surface area contributed by atoms with Crippen molar-refractivity contribution in [1.29, 1.82) is 5.26 Å². The van der Waals surface area contributed by atoms with Crippen LogP contribution in [0.1, 0.15) is 25.5 Å². The molecule has 1 heterocycles. The Morgan fingerprint density at radius 3 is 2.83 bits per heavy atom. The lowest BCUT2D eigenvalue weighted by molar-refractivity contribution is 0.532. The molecule has 1 N–H and O–H groups in total. The van der Waals surface area contributed by atoms with E-state index in [0.29, 0.717) is 22.3 Å². The molecule has 0 atom stereocenters. The van der Waals surface area contributed by atoms with E-state index in [1.54, 1.807) is 18.3 Å². The minimum atomic E-state index is 0.301. The van der Waals surface area contributed by atoms with Crippen LogP contribution < -0.4 is 5.32 Å². The van der Waals surface area contributed by atoms with Gasteiger partial charge in [0.1, 0.15) is 6.07 Å². The summed E-state index contributed by atoms with van der Waals surface area (Å²) in [6.45, 7) is 4.10. The summed E-state index contributed by atoms with van der Waals surface area (Å²) in [5.74, 6) is 0. The van der Waals surface area contributed by atoms with Crippen LogP contribution in [-0.4, -0.2) is 9.78 Å². The summed E-state index contributed by atoms with van der Waals surface area (Å²) in [5.41, 5.74) is 1.97. The number of anilines is 2. The Balaban J connectivity index is 2.29. The Labute approximate surface area is 111 Å². The van der Waals surface area contributed by atoms with Gasteiger partial charge in [-0.2, -0.15) is 10.4 Å². The summed E-state index contributed by atoms with van der Waals surface area (Å²) in [7, 11) is 0. The number of nitriles is 1. The SMILES string of the molecule is CC(C)n1cc(Nc2cccc(Cl)c2C#N)cn1. The first-order valence-electron chi connectivity index (χ1n) is 5.61. The van der Waals surface area contributed by atoms with E-state index in [1.807, 2.05) is 16.9 Å². The number of hydrogen-bond donors (Lipinski definition) is 1. The summed E-state index contributed by atoms with van der Waals surface area (Å²) in [6, 6.07) is 7.71. The predicted molar refractivity (Wildman–Crippen MR) is 72.1 cm³/mol. The van der Waals surface area contributed by atoms with E-state index >= 15 is 0 Å². The van der Waals surface area contributed by atoms with E-state index in [9.17, 15) is 0 Å². The van der Waals surface area contributed by atoms with Gasteiger partial charge in [0.25, 0.3) is 0 Å². The summed E-state index contributed by atoms with van der Waals surface area (Å²) >= 11 is 5.97. The Bertz CT molecular complexity index is 595. The topological polar surface area (TPSA) is 53.6 Å². The molecule has 5 heteroatoms. The maximum absolute atomic E-state index is 9.08. The van der Waals surface area contributed by atoms with Gasteiger partial charge < -0.3 is 5.32 Å². The van der Waals surface area contributed by atoms with Crippen LogP contribution in [0.4, 0.5) is 11.4 Å². The number of rotatable bonds is 3. The monoisotopic (exact) mass is 260 g/mol. The Morgan fingerprint density at radius 2 is 2.22 bits per heavy atom. The molecule has 2 aromatic rings. The zero-order valence-electron chi connectivity index (χ0n) is 10.2. The van der Waals surface area contributed by atoms with Gasteiger partial charge in [-0.3, -0.25) is 4.68 Å². The third-order valence-corrected chi connectivity index (χ3v) is 2.85. The standard InChI is InChI=1S/C13H13ClN4/c1-9(2)18-8-10(7-16-18)17-13-5-3-4-12(14)11(13)6-15/h3-5,7-9,17H,1-2H3. The first-order chi connectivity index (χ1) is 8.61. The maximum atomic E-state index is 9.08. The van der Waals surface area contributed by atoms with Gasteiger partial charge in [0.05, 0.1) is 28.2 Å². The highest BCUT2D eigenvalue weighted by Gasteiger charge is 2.08. The quantitative estimate of drug-likeness (QED) is 0.915. The molecule has 0 fully saturated rings. The fourth-order valence-electron chi connectivity index (χ4n) is 1.58. The average molecular weight is 261 g/mol. The van der Waals surface area contributed by atoms with Gasteiger partial charge in [-0.1, -0.05) is 17.7 Å². The van der Waals surface area contributed by atoms with Crippen LogP contribution in [0.2, 0.25) is 5.02 Å². The minimum Gasteiger partial charge on any atom is -0.352 e. The number of nitrogens with one attached hydrogen (secondary N) is 1. The molecule has 18 heavy (non-hydrogen) atoms. The van der Waals surface area contributed by atoms with Gasteiger partial charge in [-0.25, -0.2) is 0 Å². The first kappa shape index (κ1) is 12.5. The van der Waals surface area contributed by atoms with Crippen LogP contribution >= 0.6 is 11.6 Å². The highest BCUT2D eigenvalue weighted by Crippen LogP contribution is 2.26. The van der Waals surface area contributed by atoms with E-state index in [1.165, 1.54) is 0 Å². The van der Waals surface area contributed by atoms with Gasteiger partial charge in [0.2, 0.25) is 0 Å². The van der Waals surface area contributed by atoms with E-state index in [0.717, 1.165) is 5.69 Å². The second-order valence-corrected chi connectivity index (χ2v) is 4.61. The maximum Gasteiger partial charge on any atom is 0.103 e. The molecule has 0 saturated carbocycles. The van der Waals surface area contributed by atoms with E-state index < -0.39 is 0 Å². The highest BCUT2D eigenvalue weighted by molar-refractivity contribution is 6.32. The van der Waals surface area contributed by atoms with Crippen LogP contribution in [0, 0.1) is 11.3 Å². The van der Waals surface area contributed by atoms with Gasteiger partial charge in [0.15, 0.2) is 0 Å². The lowest BCUT2D eigenvalue weighted by Gasteiger charge is -2.07. The number of halogens is 1. The van der Waals surface area contributed by atoms with E-state index in [4.69, 9.17) is 16.9 Å². The normalized spacial score (nSPS) is 10.4. The van der Waals surface area contributed by atoms with Crippen LogP contribution in [0.3, 0.4) is 0 Å². The lowest BCUT2D eigenvalue weighted by Crippen LogP contribution is -2.00.